The summed E-state index contributed by atoms with van der Waals surface area (Å²) in [6, 6.07) is 0. The zero-order valence-corrected chi connectivity index (χ0v) is 39.0. The Morgan fingerprint density at radius 2 is 0.643 bits per heavy atom. The second kappa shape index (κ2) is 43.4. The fourth-order valence-corrected chi connectivity index (χ4v) is 7.92. The van der Waals surface area contributed by atoms with Gasteiger partial charge >= 0.3 is 11.9 Å². The SMILES string of the molecule is CCCCCCCCCCC(CCCCCCCC)COC(=O)CCN(CCC(=O)OCC(CCCCCCCC)CCCCCCCCCC)CCN(C)C. The minimum atomic E-state index is -0.0928. The lowest BCUT2D eigenvalue weighted by molar-refractivity contribution is -0.145. The van der Waals surface area contributed by atoms with Gasteiger partial charge in [0.25, 0.3) is 0 Å². The van der Waals surface area contributed by atoms with Crippen LogP contribution in [0.2, 0.25) is 0 Å². The van der Waals surface area contributed by atoms with Crippen molar-refractivity contribution in [3.05, 3.63) is 0 Å². The van der Waals surface area contributed by atoms with Gasteiger partial charge in [-0.25, -0.2) is 0 Å². The highest BCUT2D eigenvalue weighted by Crippen LogP contribution is 2.22. The number of likely N-dealkylation sites (N-methyl/N-ethyl adjacent to an activating group) is 1. The van der Waals surface area contributed by atoms with E-state index in [0.29, 0.717) is 51.0 Å². The quantitative estimate of drug-likeness (QED) is 0.0452. The molecule has 0 spiro atoms. The molecule has 334 valence electrons. The molecule has 0 saturated carbocycles. The molecule has 0 N–H and O–H groups in total. The predicted molar refractivity (Wildman–Crippen MR) is 244 cm³/mol. The first-order valence-corrected chi connectivity index (χ1v) is 25.0. The summed E-state index contributed by atoms with van der Waals surface area (Å²) in [5.74, 6) is 0.769. The Bertz CT molecular complexity index is 761. The number of carbonyl (C=O) groups excluding carboxylic acids is 2. The van der Waals surface area contributed by atoms with Crippen molar-refractivity contribution in [3.63, 3.8) is 0 Å². The van der Waals surface area contributed by atoms with E-state index in [2.05, 4.69) is 51.6 Å². The summed E-state index contributed by atoms with van der Waals surface area (Å²) >= 11 is 0. The Morgan fingerprint density at radius 3 is 0.911 bits per heavy atom. The van der Waals surface area contributed by atoms with Gasteiger partial charge in [0.1, 0.15) is 0 Å². The second-order valence-corrected chi connectivity index (χ2v) is 17.9. The number of rotatable bonds is 45. The molecule has 0 radical (unpaired) electrons. The Labute approximate surface area is 351 Å². The van der Waals surface area contributed by atoms with E-state index in [1.165, 1.54) is 205 Å². The van der Waals surface area contributed by atoms with Gasteiger partial charge in [-0.05, 0) is 51.6 Å². The third-order valence-corrected chi connectivity index (χ3v) is 12.0. The number of nitrogens with zero attached hydrogens (tertiary/aromatic N) is 2. The third kappa shape index (κ3) is 39.7. The van der Waals surface area contributed by atoms with Crippen LogP contribution in [0.1, 0.15) is 246 Å². The van der Waals surface area contributed by atoms with Crippen LogP contribution in [0, 0.1) is 11.8 Å². The maximum Gasteiger partial charge on any atom is 0.307 e. The third-order valence-electron chi connectivity index (χ3n) is 12.0. The number of unbranched alkanes of at least 4 members (excludes halogenated alkanes) is 24. The monoisotopic (exact) mass is 793 g/mol. The van der Waals surface area contributed by atoms with E-state index in [-0.39, 0.29) is 11.9 Å². The minimum absolute atomic E-state index is 0.0928. The highest BCUT2D eigenvalue weighted by molar-refractivity contribution is 5.70. The molecule has 0 rings (SSSR count). The number of esters is 2. The van der Waals surface area contributed by atoms with Gasteiger partial charge in [0, 0.05) is 26.2 Å². The van der Waals surface area contributed by atoms with E-state index < -0.39 is 0 Å². The van der Waals surface area contributed by atoms with Crippen LogP contribution < -0.4 is 0 Å². The van der Waals surface area contributed by atoms with Crippen LogP contribution in [0.3, 0.4) is 0 Å². The van der Waals surface area contributed by atoms with Gasteiger partial charge in [-0.15, -0.1) is 0 Å². The first kappa shape index (κ1) is 54.9. The Kier molecular flexibility index (Phi) is 42.6. The molecule has 0 amide bonds. The van der Waals surface area contributed by atoms with Crippen LogP contribution in [-0.4, -0.2) is 75.2 Å². The van der Waals surface area contributed by atoms with Crippen molar-refractivity contribution in [1.29, 1.82) is 0 Å². The van der Waals surface area contributed by atoms with Gasteiger partial charge in [-0.1, -0.05) is 207 Å². The average Bonchev–Trinajstić information content (AvgIpc) is 3.19. The molecule has 56 heavy (non-hydrogen) atoms. The maximum atomic E-state index is 13.1. The molecule has 0 saturated heterocycles. The Morgan fingerprint density at radius 1 is 0.375 bits per heavy atom. The lowest BCUT2D eigenvalue weighted by Gasteiger charge is -2.24. The Hall–Kier alpha value is -1.14. The van der Waals surface area contributed by atoms with Crippen LogP contribution in [0.15, 0.2) is 0 Å². The zero-order valence-electron chi connectivity index (χ0n) is 39.0. The van der Waals surface area contributed by atoms with Crippen LogP contribution >= 0.6 is 0 Å². The van der Waals surface area contributed by atoms with Crippen molar-refractivity contribution in [1.82, 2.24) is 9.80 Å². The van der Waals surface area contributed by atoms with E-state index in [0.717, 1.165) is 13.1 Å². The van der Waals surface area contributed by atoms with Crippen molar-refractivity contribution >= 4 is 11.9 Å². The van der Waals surface area contributed by atoms with E-state index >= 15 is 0 Å². The lowest BCUT2D eigenvalue weighted by atomic mass is 9.94. The Balaban J connectivity index is 4.86. The smallest absolute Gasteiger partial charge is 0.307 e. The molecule has 0 aromatic heterocycles. The van der Waals surface area contributed by atoms with E-state index in [1.54, 1.807) is 0 Å². The maximum absolute atomic E-state index is 13.1. The topological polar surface area (TPSA) is 59.1 Å². The molecule has 0 aromatic carbocycles. The lowest BCUT2D eigenvalue weighted by Crippen LogP contribution is -2.35. The summed E-state index contributed by atoms with van der Waals surface area (Å²) in [5.41, 5.74) is 0. The van der Waals surface area contributed by atoms with Crippen molar-refractivity contribution in [2.75, 3.05) is 53.5 Å². The second-order valence-electron chi connectivity index (χ2n) is 17.9. The normalized spacial score (nSPS) is 12.8. The molecule has 0 aliphatic carbocycles. The predicted octanol–water partition coefficient (Wildman–Crippen LogP) is 14.5. The van der Waals surface area contributed by atoms with Crippen molar-refractivity contribution in [2.45, 2.75) is 246 Å². The molecule has 6 heteroatoms. The molecule has 0 heterocycles. The molecule has 2 atom stereocenters. The van der Waals surface area contributed by atoms with Gasteiger partial charge in [-0.2, -0.15) is 0 Å². The van der Waals surface area contributed by atoms with Crippen molar-refractivity contribution in [2.24, 2.45) is 11.8 Å². The fourth-order valence-electron chi connectivity index (χ4n) is 7.92. The van der Waals surface area contributed by atoms with E-state index in [9.17, 15) is 9.59 Å². The van der Waals surface area contributed by atoms with Gasteiger partial charge in [0.2, 0.25) is 0 Å². The summed E-state index contributed by atoms with van der Waals surface area (Å²) in [6.07, 6.45) is 42.5. The number of hydrogen-bond donors (Lipinski definition) is 0. The first-order valence-electron chi connectivity index (χ1n) is 25.0. The molecule has 0 aromatic rings. The van der Waals surface area contributed by atoms with Crippen LogP contribution in [0.5, 0.6) is 0 Å². The summed E-state index contributed by atoms with van der Waals surface area (Å²) in [4.78, 5) is 30.5. The first-order chi connectivity index (χ1) is 27.4. The van der Waals surface area contributed by atoms with Gasteiger partial charge in [-0.3, -0.25) is 9.59 Å². The number of carbonyl (C=O) groups is 2. The molecule has 0 bridgehead atoms. The molecule has 0 aliphatic heterocycles. The van der Waals surface area contributed by atoms with Crippen LogP contribution in [0.25, 0.3) is 0 Å². The molecule has 6 nitrogen and oxygen atoms in total. The summed E-state index contributed by atoms with van der Waals surface area (Å²) in [7, 11) is 4.15. The number of hydrogen-bond acceptors (Lipinski definition) is 6. The minimum Gasteiger partial charge on any atom is -0.465 e. The molecular weight excluding hydrogens is 693 g/mol. The highest BCUT2D eigenvalue weighted by Gasteiger charge is 2.17. The fraction of sp³-hybridized carbons (Fsp3) is 0.960. The summed E-state index contributed by atoms with van der Waals surface area (Å²) in [5, 5.41) is 0. The van der Waals surface area contributed by atoms with Crippen LogP contribution in [0.4, 0.5) is 0 Å². The average molecular weight is 793 g/mol. The molecule has 0 aliphatic rings. The molecular formula is C50H100N2O4. The van der Waals surface area contributed by atoms with Gasteiger partial charge in [0.05, 0.1) is 26.1 Å². The van der Waals surface area contributed by atoms with Crippen molar-refractivity contribution < 1.29 is 19.1 Å². The molecule has 2 unspecified atom stereocenters. The highest BCUT2D eigenvalue weighted by atomic mass is 16.5. The summed E-state index contributed by atoms with van der Waals surface area (Å²) < 4.78 is 11.9. The van der Waals surface area contributed by atoms with E-state index in [1.807, 2.05) is 0 Å². The van der Waals surface area contributed by atoms with Gasteiger partial charge in [0.15, 0.2) is 0 Å². The number of ether oxygens (including phenoxy) is 2. The standard InChI is InChI=1S/C50H100N2O4/c1-7-11-15-19-23-25-29-33-37-47(35-31-27-21-17-13-9-3)45-55-49(53)39-41-52(44-43-51(5)6)42-40-50(54)56-46-48(36-32-28-22-18-14-10-4)38-34-30-26-24-20-16-12-8-2/h47-48H,7-46H2,1-6H3. The van der Waals surface area contributed by atoms with Gasteiger partial charge < -0.3 is 19.3 Å². The van der Waals surface area contributed by atoms with Crippen LogP contribution in [-0.2, 0) is 19.1 Å². The summed E-state index contributed by atoms with van der Waals surface area (Å²) in [6.45, 7) is 13.2. The van der Waals surface area contributed by atoms with Crippen molar-refractivity contribution in [3.8, 4) is 0 Å². The zero-order chi connectivity index (χ0) is 41.2. The van der Waals surface area contributed by atoms with E-state index in [4.69, 9.17) is 9.47 Å². The largest absolute Gasteiger partial charge is 0.465 e. The molecule has 0 fully saturated rings.